The van der Waals surface area contributed by atoms with Gasteiger partial charge in [-0.15, -0.1) is 0 Å². The van der Waals surface area contributed by atoms with Gasteiger partial charge in [0.2, 0.25) is 0 Å². The largest absolute Gasteiger partial charge is 0.298 e. The number of Topliss-reactive ketones (excluding diaryl/α,β-unsaturated/α-hetero) is 2. The Hall–Kier alpha value is -0.740. The minimum absolute atomic E-state index is 0.435. The molecule has 0 aromatic rings. The molecule has 2 saturated heterocycles. The molecular formula is C24H46N2O2. The summed E-state index contributed by atoms with van der Waals surface area (Å²) in [5.74, 6) is 0.870. The number of carbonyl (C=O) groups excluding carboxylic acids is 2. The molecule has 0 saturated carbocycles. The Kier molecular flexibility index (Phi) is 15.5. The van der Waals surface area contributed by atoms with Crippen molar-refractivity contribution in [3.63, 3.8) is 0 Å². The first-order chi connectivity index (χ1) is 13.7. The van der Waals surface area contributed by atoms with Gasteiger partial charge in [0.05, 0.1) is 13.1 Å². The summed E-state index contributed by atoms with van der Waals surface area (Å²) in [6.07, 6.45) is 17.0. The van der Waals surface area contributed by atoms with Gasteiger partial charge in [-0.3, -0.25) is 19.4 Å². The normalized spacial score (nSPS) is 18.8. The van der Waals surface area contributed by atoms with Crippen LogP contribution in [0.2, 0.25) is 0 Å². The van der Waals surface area contributed by atoms with E-state index in [0.29, 0.717) is 24.7 Å². The summed E-state index contributed by atoms with van der Waals surface area (Å²) in [7, 11) is 0. The monoisotopic (exact) mass is 394 g/mol. The van der Waals surface area contributed by atoms with Crippen LogP contribution < -0.4 is 0 Å². The average Bonchev–Trinajstić information content (AvgIpc) is 2.68. The van der Waals surface area contributed by atoms with Crippen LogP contribution in [0.4, 0.5) is 0 Å². The lowest BCUT2D eigenvalue weighted by molar-refractivity contribution is -0.122. The standard InChI is InChI=1S/2C12H23NO/c2*1-2-3-4-5-6-9-13-10-7-8-12(14)11-13/h2*2-11H2,1H3. The molecule has 0 N–H and O–H groups in total. The van der Waals surface area contributed by atoms with E-state index in [1.54, 1.807) is 0 Å². The summed E-state index contributed by atoms with van der Waals surface area (Å²) in [6.45, 7) is 10.5. The molecule has 0 unspecified atom stereocenters. The fraction of sp³-hybridized carbons (Fsp3) is 0.917. The van der Waals surface area contributed by atoms with Gasteiger partial charge < -0.3 is 0 Å². The maximum absolute atomic E-state index is 11.2. The summed E-state index contributed by atoms with van der Waals surface area (Å²) in [5, 5.41) is 0. The number of hydrogen-bond acceptors (Lipinski definition) is 4. The molecule has 0 radical (unpaired) electrons. The minimum atomic E-state index is 0.435. The van der Waals surface area contributed by atoms with E-state index in [9.17, 15) is 9.59 Å². The maximum atomic E-state index is 11.2. The van der Waals surface area contributed by atoms with Crippen molar-refractivity contribution in [2.45, 2.75) is 104 Å². The van der Waals surface area contributed by atoms with E-state index in [1.165, 1.54) is 64.2 Å². The number of ketones is 2. The predicted octanol–water partition coefficient (Wildman–Crippen LogP) is 5.24. The highest BCUT2D eigenvalue weighted by Gasteiger charge is 2.16. The number of piperidine rings is 2. The molecule has 2 fully saturated rings. The second-order valence-corrected chi connectivity index (χ2v) is 8.67. The molecule has 0 aliphatic carbocycles. The van der Waals surface area contributed by atoms with Crippen molar-refractivity contribution in [3.05, 3.63) is 0 Å². The van der Waals surface area contributed by atoms with Crippen LogP contribution in [0.5, 0.6) is 0 Å². The third kappa shape index (κ3) is 13.4. The van der Waals surface area contributed by atoms with Crippen molar-refractivity contribution < 1.29 is 9.59 Å². The van der Waals surface area contributed by atoms with Crippen LogP contribution in [0.1, 0.15) is 104 Å². The molecule has 0 aromatic carbocycles. The highest BCUT2D eigenvalue weighted by atomic mass is 16.1. The van der Waals surface area contributed by atoms with Crippen LogP contribution in [0.25, 0.3) is 0 Å². The third-order valence-corrected chi connectivity index (χ3v) is 5.82. The average molecular weight is 395 g/mol. The molecule has 2 rings (SSSR count). The van der Waals surface area contributed by atoms with Gasteiger partial charge in [-0.1, -0.05) is 65.2 Å². The Bertz CT molecular complexity index is 373. The van der Waals surface area contributed by atoms with Crippen molar-refractivity contribution in [2.24, 2.45) is 0 Å². The second-order valence-electron chi connectivity index (χ2n) is 8.67. The predicted molar refractivity (Wildman–Crippen MR) is 119 cm³/mol. The highest BCUT2D eigenvalue weighted by Crippen LogP contribution is 2.10. The van der Waals surface area contributed by atoms with Crippen molar-refractivity contribution in [2.75, 3.05) is 39.3 Å². The number of rotatable bonds is 12. The van der Waals surface area contributed by atoms with Gasteiger partial charge in [0.1, 0.15) is 11.6 Å². The van der Waals surface area contributed by atoms with E-state index < -0.39 is 0 Å². The van der Waals surface area contributed by atoms with Gasteiger partial charge in [-0.25, -0.2) is 0 Å². The smallest absolute Gasteiger partial charge is 0.146 e. The lowest BCUT2D eigenvalue weighted by Crippen LogP contribution is -2.36. The minimum Gasteiger partial charge on any atom is -0.298 e. The molecule has 164 valence electrons. The van der Waals surface area contributed by atoms with Crippen LogP contribution in [0.3, 0.4) is 0 Å². The molecule has 0 atom stereocenters. The van der Waals surface area contributed by atoms with Crippen molar-refractivity contribution in [1.29, 1.82) is 0 Å². The third-order valence-electron chi connectivity index (χ3n) is 5.82. The molecule has 0 aromatic heterocycles. The second kappa shape index (κ2) is 17.1. The van der Waals surface area contributed by atoms with Crippen molar-refractivity contribution in [1.82, 2.24) is 9.80 Å². The zero-order valence-electron chi connectivity index (χ0n) is 18.9. The quantitative estimate of drug-likeness (QED) is 0.424. The molecule has 2 aliphatic heterocycles. The molecule has 0 bridgehead atoms. The van der Waals surface area contributed by atoms with Crippen molar-refractivity contribution >= 4 is 11.6 Å². The molecule has 28 heavy (non-hydrogen) atoms. The summed E-state index contributed by atoms with van der Waals surface area (Å²) >= 11 is 0. The van der Waals surface area contributed by atoms with Crippen LogP contribution in [0, 0.1) is 0 Å². The van der Waals surface area contributed by atoms with Crippen molar-refractivity contribution in [3.8, 4) is 0 Å². The van der Waals surface area contributed by atoms with Crippen LogP contribution in [-0.4, -0.2) is 60.6 Å². The fourth-order valence-electron chi connectivity index (χ4n) is 4.07. The van der Waals surface area contributed by atoms with Gasteiger partial charge in [0.15, 0.2) is 0 Å². The molecule has 4 nitrogen and oxygen atoms in total. The van der Waals surface area contributed by atoms with E-state index >= 15 is 0 Å². The number of likely N-dealkylation sites (tertiary alicyclic amines) is 2. The maximum Gasteiger partial charge on any atom is 0.146 e. The first kappa shape index (κ1) is 25.3. The van der Waals surface area contributed by atoms with Crippen LogP contribution >= 0.6 is 0 Å². The number of nitrogens with zero attached hydrogens (tertiary/aromatic N) is 2. The zero-order chi connectivity index (χ0) is 20.5. The number of unbranched alkanes of at least 4 members (excludes halogenated alkanes) is 8. The van der Waals surface area contributed by atoms with Gasteiger partial charge >= 0.3 is 0 Å². The molecule has 0 amide bonds. The van der Waals surface area contributed by atoms with E-state index in [4.69, 9.17) is 0 Å². The molecule has 2 aliphatic rings. The van der Waals surface area contributed by atoms with E-state index in [-0.39, 0.29) is 0 Å². The van der Waals surface area contributed by atoms with Gasteiger partial charge in [0.25, 0.3) is 0 Å². The summed E-state index contributed by atoms with van der Waals surface area (Å²) in [4.78, 5) is 27.0. The topological polar surface area (TPSA) is 40.6 Å². The Morgan fingerprint density at radius 2 is 1.00 bits per heavy atom. The first-order valence-electron chi connectivity index (χ1n) is 12.1. The van der Waals surface area contributed by atoms with E-state index in [1.807, 2.05) is 0 Å². The Balaban J connectivity index is 0.000000280. The first-order valence-corrected chi connectivity index (χ1v) is 12.1. The highest BCUT2D eigenvalue weighted by molar-refractivity contribution is 5.81. The van der Waals surface area contributed by atoms with E-state index in [2.05, 4.69) is 23.6 Å². The number of carbonyl (C=O) groups is 2. The van der Waals surface area contributed by atoms with Gasteiger partial charge in [0, 0.05) is 12.8 Å². The lowest BCUT2D eigenvalue weighted by Gasteiger charge is -2.25. The molecule has 2 heterocycles. The summed E-state index contributed by atoms with van der Waals surface area (Å²) in [5.41, 5.74) is 0. The molecular weight excluding hydrogens is 348 g/mol. The Morgan fingerprint density at radius 1 is 0.607 bits per heavy atom. The summed E-state index contributed by atoms with van der Waals surface area (Å²) < 4.78 is 0. The Labute approximate surface area is 174 Å². The lowest BCUT2D eigenvalue weighted by atomic mass is 10.1. The molecule has 0 spiro atoms. The van der Waals surface area contributed by atoms with Gasteiger partial charge in [-0.2, -0.15) is 0 Å². The Morgan fingerprint density at radius 3 is 1.36 bits per heavy atom. The van der Waals surface area contributed by atoms with E-state index in [0.717, 1.165) is 51.9 Å². The molecule has 4 heteroatoms. The van der Waals surface area contributed by atoms with Crippen LogP contribution in [0.15, 0.2) is 0 Å². The van der Waals surface area contributed by atoms with Crippen LogP contribution in [-0.2, 0) is 9.59 Å². The number of hydrogen-bond donors (Lipinski definition) is 0. The zero-order valence-corrected chi connectivity index (χ0v) is 18.9. The fourth-order valence-corrected chi connectivity index (χ4v) is 4.07. The van der Waals surface area contributed by atoms with Gasteiger partial charge in [-0.05, 0) is 51.9 Å². The SMILES string of the molecule is CCCCCCCN1CCCC(=O)C1.CCCCCCCN1CCCC(=O)C1. The summed E-state index contributed by atoms with van der Waals surface area (Å²) in [6, 6.07) is 0.